The van der Waals surface area contributed by atoms with E-state index in [9.17, 15) is 4.39 Å². The summed E-state index contributed by atoms with van der Waals surface area (Å²) >= 11 is 0. The molecule has 1 rings (SSSR count). The number of unbranched alkanes of at least 4 members (excludes halogenated alkanes) is 1. The summed E-state index contributed by atoms with van der Waals surface area (Å²) in [6, 6.07) is 7.55. The molecule has 1 N–H and O–H groups in total. The Morgan fingerprint density at radius 3 is 2.50 bits per heavy atom. The lowest BCUT2D eigenvalue weighted by molar-refractivity contribution is 0.348. The summed E-state index contributed by atoms with van der Waals surface area (Å²) in [7, 11) is 0. The van der Waals surface area contributed by atoms with Gasteiger partial charge in [0.1, 0.15) is 5.82 Å². The number of nitrogens with one attached hydrogen (secondary N) is 1. The largest absolute Gasteiger partial charge is 0.314 e. The van der Waals surface area contributed by atoms with Gasteiger partial charge < -0.3 is 5.32 Å². The maximum Gasteiger partial charge on any atom is 0.126 e. The van der Waals surface area contributed by atoms with Crippen molar-refractivity contribution in [3.05, 3.63) is 35.6 Å². The monoisotopic (exact) mass is 279 g/mol. The summed E-state index contributed by atoms with van der Waals surface area (Å²) in [5.41, 5.74) is 0.837. The summed E-state index contributed by atoms with van der Waals surface area (Å²) in [5.74, 6) is 0.683. The van der Waals surface area contributed by atoms with Crippen LogP contribution in [0.3, 0.4) is 0 Å². The van der Waals surface area contributed by atoms with E-state index in [1.54, 1.807) is 12.1 Å². The van der Waals surface area contributed by atoms with Crippen LogP contribution in [0.4, 0.5) is 4.39 Å². The Labute approximate surface area is 124 Å². The molecule has 0 saturated carbocycles. The quantitative estimate of drug-likeness (QED) is 0.639. The zero-order valence-corrected chi connectivity index (χ0v) is 13.3. The molecule has 2 atom stereocenters. The number of hydrogen-bond donors (Lipinski definition) is 1. The molecule has 2 unspecified atom stereocenters. The van der Waals surface area contributed by atoms with E-state index in [4.69, 9.17) is 0 Å². The minimum Gasteiger partial charge on any atom is -0.314 e. The molecule has 0 aliphatic carbocycles. The first-order valence-electron chi connectivity index (χ1n) is 8.17. The number of rotatable bonds is 10. The van der Waals surface area contributed by atoms with Crippen molar-refractivity contribution >= 4 is 0 Å². The van der Waals surface area contributed by atoms with E-state index >= 15 is 0 Å². The van der Waals surface area contributed by atoms with Crippen LogP contribution in [0.2, 0.25) is 0 Å². The van der Waals surface area contributed by atoms with Crippen LogP contribution in [0.15, 0.2) is 24.3 Å². The molecule has 0 fully saturated rings. The zero-order valence-electron chi connectivity index (χ0n) is 13.3. The highest BCUT2D eigenvalue weighted by Gasteiger charge is 2.16. The first-order chi connectivity index (χ1) is 9.71. The zero-order chi connectivity index (χ0) is 14.8. The Kier molecular flexibility index (Phi) is 8.52. The summed E-state index contributed by atoms with van der Waals surface area (Å²) in [6.45, 7) is 7.59. The molecule has 0 heterocycles. The predicted molar refractivity (Wildman–Crippen MR) is 85.5 cm³/mol. The second-order valence-electron chi connectivity index (χ2n) is 5.70. The summed E-state index contributed by atoms with van der Waals surface area (Å²) in [5, 5.41) is 3.53. The number of likely N-dealkylation sites (N-methyl/N-ethyl adjacent to an activating group) is 1. The first-order valence-corrected chi connectivity index (χ1v) is 8.17. The molecular weight excluding hydrogens is 249 g/mol. The Morgan fingerprint density at radius 1 is 1.15 bits per heavy atom. The van der Waals surface area contributed by atoms with Crippen molar-refractivity contribution in [2.24, 2.45) is 5.92 Å². The molecule has 0 aromatic heterocycles. The van der Waals surface area contributed by atoms with E-state index in [1.165, 1.54) is 25.7 Å². The molecule has 0 aliphatic heterocycles. The summed E-state index contributed by atoms with van der Waals surface area (Å²) in [4.78, 5) is 0. The van der Waals surface area contributed by atoms with Gasteiger partial charge >= 0.3 is 0 Å². The van der Waals surface area contributed by atoms with E-state index in [0.717, 1.165) is 30.9 Å². The van der Waals surface area contributed by atoms with Gasteiger partial charge in [0.2, 0.25) is 0 Å². The lowest BCUT2D eigenvalue weighted by Crippen LogP contribution is -2.33. The van der Waals surface area contributed by atoms with Gasteiger partial charge in [-0.3, -0.25) is 0 Å². The number of hydrogen-bond acceptors (Lipinski definition) is 1. The van der Waals surface area contributed by atoms with Crippen LogP contribution >= 0.6 is 0 Å². The average molecular weight is 279 g/mol. The van der Waals surface area contributed by atoms with E-state index in [2.05, 4.69) is 26.1 Å². The molecule has 114 valence electrons. The van der Waals surface area contributed by atoms with Gasteiger partial charge in [0.05, 0.1) is 0 Å². The average Bonchev–Trinajstić information content (AvgIpc) is 2.46. The molecule has 0 radical (unpaired) electrons. The third-order valence-corrected chi connectivity index (χ3v) is 4.08. The molecule has 2 heteroatoms. The Morgan fingerprint density at radius 2 is 1.90 bits per heavy atom. The van der Waals surface area contributed by atoms with Crippen LogP contribution in [0.5, 0.6) is 0 Å². The van der Waals surface area contributed by atoms with Gasteiger partial charge in [0.25, 0.3) is 0 Å². The highest BCUT2D eigenvalue weighted by Crippen LogP contribution is 2.21. The lowest BCUT2D eigenvalue weighted by atomic mass is 9.89. The van der Waals surface area contributed by atoms with Crippen molar-refractivity contribution in [2.75, 3.05) is 6.54 Å². The van der Waals surface area contributed by atoms with Gasteiger partial charge in [-0.1, -0.05) is 64.7 Å². The molecule has 0 amide bonds. The van der Waals surface area contributed by atoms with Crippen LogP contribution in [0.25, 0.3) is 0 Å². The van der Waals surface area contributed by atoms with Crippen LogP contribution < -0.4 is 5.32 Å². The fourth-order valence-electron chi connectivity index (χ4n) is 2.84. The fraction of sp³-hybridized carbons (Fsp3) is 0.667. The lowest BCUT2D eigenvalue weighted by Gasteiger charge is -2.24. The molecule has 1 aromatic carbocycles. The van der Waals surface area contributed by atoms with Gasteiger partial charge in [-0.05, 0) is 36.9 Å². The molecule has 1 aromatic rings. The maximum atomic E-state index is 13.8. The second kappa shape index (κ2) is 9.93. The van der Waals surface area contributed by atoms with Gasteiger partial charge in [-0.2, -0.15) is 0 Å². The van der Waals surface area contributed by atoms with Crippen LogP contribution in [-0.4, -0.2) is 12.6 Å². The van der Waals surface area contributed by atoms with Crippen molar-refractivity contribution in [3.63, 3.8) is 0 Å². The molecule has 0 aliphatic rings. The first kappa shape index (κ1) is 17.2. The topological polar surface area (TPSA) is 12.0 Å². The van der Waals surface area contributed by atoms with E-state index in [1.807, 2.05) is 12.1 Å². The minimum absolute atomic E-state index is 0.0722. The Bertz CT molecular complexity index is 364. The van der Waals surface area contributed by atoms with E-state index in [-0.39, 0.29) is 5.82 Å². The Hall–Kier alpha value is -0.890. The van der Waals surface area contributed by atoms with Crippen molar-refractivity contribution in [3.8, 4) is 0 Å². The van der Waals surface area contributed by atoms with Crippen LogP contribution in [0, 0.1) is 11.7 Å². The maximum absolute atomic E-state index is 13.8. The van der Waals surface area contributed by atoms with Crippen molar-refractivity contribution in [1.29, 1.82) is 0 Å². The fourth-order valence-corrected chi connectivity index (χ4v) is 2.84. The molecule has 0 saturated heterocycles. The number of benzene rings is 1. The molecule has 0 spiro atoms. The van der Waals surface area contributed by atoms with E-state index < -0.39 is 0 Å². The van der Waals surface area contributed by atoms with Gasteiger partial charge in [-0.15, -0.1) is 0 Å². The molecule has 0 bridgehead atoms. The molecular formula is C18H30FN. The van der Waals surface area contributed by atoms with Crippen LogP contribution in [-0.2, 0) is 6.42 Å². The Balaban J connectivity index is 2.61. The van der Waals surface area contributed by atoms with Crippen molar-refractivity contribution in [1.82, 2.24) is 5.32 Å². The minimum atomic E-state index is -0.0722. The smallest absolute Gasteiger partial charge is 0.126 e. The summed E-state index contributed by atoms with van der Waals surface area (Å²) < 4.78 is 13.8. The normalized spacial score (nSPS) is 14.2. The van der Waals surface area contributed by atoms with E-state index in [0.29, 0.717) is 6.04 Å². The third kappa shape index (κ3) is 6.04. The van der Waals surface area contributed by atoms with Gasteiger partial charge in [0, 0.05) is 6.04 Å². The van der Waals surface area contributed by atoms with Crippen molar-refractivity contribution in [2.45, 2.75) is 65.3 Å². The molecule has 1 nitrogen and oxygen atoms in total. The van der Waals surface area contributed by atoms with Gasteiger partial charge in [-0.25, -0.2) is 4.39 Å². The highest BCUT2D eigenvalue weighted by atomic mass is 19.1. The van der Waals surface area contributed by atoms with Crippen molar-refractivity contribution < 1.29 is 4.39 Å². The van der Waals surface area contributed by atoms with Crippen LogP contribution in [0.1, 0.15) is 58.4 Å². The SMILES string of the molecule is CCCCC(CC)CC(Cc1ccccc1F)NCC. The summed E-state index contributed by atoms with van der Waals surface area (Å²) in [6.07, 6.45) is 7.03. The molecule has 20 heavy (non-hydrogen) atoms. The second-order valence-corrected chi connectivity index (χ2v) is 5.70. The van der Waals surface area contributed by atoms with Gasteiger partial charge in [0.15, 0.2) is 0 Å². The highest BCUT2D eigenvalue weighted by molar-refractivity contribution is 5.18. The standard InChI is InChI=1S/C18H30FN/c1-4-7-10-15(5-2)13-17(20-6-3)14-16-11-8-9-12-18(16)19/h8-9,11-12,15,17,20H,4-7,10,13-14H2,1-3H3. The third-order valence-electron chi connectivity index (χ3n) is 4.08. The predicted octanol–water partition coefficient (Wildman–Crippen LogP) is 4.95. The number of halogens is 1.